The number of methoxy groups -OCH3 is 2. The number of fused-ring (bicyclic) bond motifs is 1. The Morgan fingerprint density at radius 3 is 2.95 bits per heavy atom. The van der Waals surface area contributed by atoms with E-state index in [1.54, 1.807) is 44.2 Å². The molecule has 0 aromatic heterocycles. The van der Waals surface area contributed by atoms with Gasteiger partial charge in [-0.15, -0.1) is 0 Å². The molecule has 3 rings (SSSR count). The van der Waals surface area contributed by atoms with E-state index in [1.165, 1.54) is 0 Å². The zero-order chi connectivity index (χ0) is 15.5. The molecule has 0 saturated carbocycles. The Morgan fingerprint density at radius 2 is 2.18 bits per heavy atom. The van der Waals surface area contributed by atoms with Gasteiger partial charge in [0.15, 0.2) is 16.7 Å². The number of carbonyl (C=O) groups is 1. The van der Waals surface area contributed by atoms with E-state index in [0.717, 1.165) is 24.0 Å². The lowest BCUT2D eigenvalue weighted by Gasteiger charge is -2.16. The Hall–Kier alpha value is -2.15. The number of benzene rings is 1. The van der Waals surface area contributed by atoms with Gasteiger partial charge in [-0.1, -0.05) is 11.8 Å². The van der Waals surface area contributed by atoms with Crippen molar-refractivity contribution in [1.82, 2.24) is 4.90 Å². The number of thioether (sulfide) groups is 1. The third kappa shape index (κ3) is 2.89. The molecular weight excluding hydrogens is 302 g/mol. The van der Waals surface area contributed by atoms with Crippen LogP contribution in [0.5, 0.6) is 11.5 Å². The van der Waals surface area contributed by atoms with Gasteiger partial charge in [-0.3, -0.25) is 9.79 Å². The molecule has 6 nitrogen and oxygen atoms in total. The van der Waals surface area contributed by atoms with Crippen molar-refractivity contribution in [2.45, 2.75) is 6.42 Å². The van der Waals surface area contributed by atoms with Gasteiger partial charge in [0, 0.05) is 24.0 Å². The maximum absolute atomic E-state index is 12.2. The Bertz CT molecular complexity index is 657. The van der Waals surface area contributed by atoms with Crippen LogP contribution in [0.1, 0.15) is 6.42 Å². The minimum absolute atomic E-state index is 0.0628. The van der Waals surface area contributed by atoms with Gasteiger partial charge in [-0.25, -0.2) is 0 Å². The molecule has 1 aromatic carbocycles. The van der Waals surface area contributed by atoms with Crippen molar-refractivity contribution in [3.05, 3.63) is 29.3 Å². The molecule has 0 saturated heterocycles. The number of hydrogen-bond donors (Lipinski definition) is 1. The van der Waals surface area contributed by atoms with Crippen molar-refractivity contribution in [3.8, 4) is 11.5 Å². The monoisotopic (exact) mass is 319 g/mol. The van der Waals surface area contributed by atoms with Crippen LogP contribution in [0.4, 0.5) is 5.69 Å². The second-order valence-electron chi connectivity index (χ2n) is 4.84. The van der Waals surface area contributed by atoms with Gasteiger partial charge in [0.05, 0.1) is 27.2 Å². The lowest BCUT2D eigenvalue weighted by molar-refractivity contribution is -0.115. The number of nitrogens with zero attached hydrogens (tertiary/aromatic N) is 2. The van der Waals surface area contributed by atoms with Gasteiger partial charge in [0.2, 0.25) is 5.91 Å². The summed E-state index contributed by atoms with van der Waals surface area (Å²) in [6.45, 7) is 1.66. The smallest absolute Gasteiger partial charge is 0.230 e. The molecule has 0 aliphatic carbocycles. The molecule has 2 aliphatic heterocycles. The summed E-state index contributed by atoms with van der Waals surface area (Å²) < 4.78 is 10.4. The summed E-state index contributed by atoms with van der Waals surface area (Å²) in [6, 6.07) is 5.31. The summed E-state index contributed by atoms with van der Waals surface area (Å²) in [5.41, 5.74) is 1.68. The Kier molecular flexibility index (Phi) is 4.24. The van der Waals surface area contributed by atoms with Gasteiger partial charge >= 0.3 is 0 Å². The largest absolute Gasteiger partial charge is 0.493 e. The second-order valence-corrected chi connectivity index (χ2v) is 5.67. The maximum Gasteiger partial charge on any atom is 0.230 e. The maximum atomic E-state index is 12.2. The summed E-state index contributed by atoms with van der Waals surface area (Å²) in [5.74, 6) is 1.16. The van der Waals surface area contributed by atoms with Crippen LogP contribution in [0.25, 0.3) is 0 Å². The van der Waals surface area contributed by atoms with Gasteiger partial charge in [-0.05, 0) is 17.5 Å². The average Bonchev–Trinajstić information content (AvgIpc) is 3.12. The molecular formula is C15H17N3O3S. The van der Waals surface area contributed by atoms with Gasteiger partial charge in [-0.2, -0.15) is 0 Å². The number of nitrogens with one attached hydrogen (secondary N) is 1. The molecule has 1 aromatic rings. The highest BCUT2D eigenvalue weighted by molar-refractivity contribution is 8.16. The van der Waals surface area contributed by atoms with Gasteiger partial charge in [0.1, 0.15) is 0 Å². The lowest BCUT2D eigenvalue weighted by atomic mass is 10.2. The first kappa shape index (κ1) is 14.8. The zero-order valence-electron chi connectivity index (χ0n) is 12.5. The summed E-state index contributed by atoms with van der Waals surface area (Å²) in [7, 11) is 3.15. The summed E-state index contributed by atoms with van der Waals surface area (Å²) in [5, 5.41) is 5.87. The van der Waals surface area contributed by atoms with E-state index in [-0.39, 0.29) is 5.91 Å². The van der Waals surface area contributed by atoms with Crippen molar-refractivity contribution in [2.75, 3.05) is 32.6 Å². The number of carbonyl (C=O) groups excluding carboxylic acids is 1. The molecule has 2 heterocycles. The molecule has 0 unspecified atom stereocenters. The standard InChI is InChI=1S/C15H17N3O3S/c1-20-12-4-3-10(7-13(12)21-2)17-14(19)8-11-9-22-15-16-5-6-18(11)15/h3-4,7,9H,5-6,8H2,1-2H3,(H,17,19). The van der Waals surface area contributed by atoms with Crippen molar-refractivity contribution in [3.63, 3.8) is 0 Å². The molecule has 0 radical (unpaired) electrons. The molecule has 0 spiro atoms. The van der Waals surface area contributed by atoms with Gasteiger partial charge < -0.3 is 19.7 Å². The number of rotatable bonds is 5. The van der Waals surface area contributed by atoms with Crippen molar-refractivity contribution >= 4 is 28.5 Å². The SMILES string of the molecule is COc1ccc(NC(=O)CC2=CSC3=NCCN23)cc1OC. The van der Waals surface area contributed by atoms with E-state index in [0.29, 0.717) is 23.6 Å². The first-order chi connectivity index (χ1) is 10.7. The topological polar surface area (TPSA) is 63.2 Å². The van der Waals surface area contributed by atoms with Crippen LogP contribution in [0.3, 0.4) is 0 Å². The highest BCUT2D eigenvalue weighted by atomic mass is 32.2. The summed E-state index contributed by atoms with van der Waals surface area (Å²) in [6.07, 6.45) is 0.334. The second kappa shape index (κ2) is 6.31. The Labute approximate surface area is 133 Å². The minimum atomic E-state index is -0.0628. The quantitative estimate of drug-likeness (QED) is 0.902. The molecule has 0 bridgehead atoms. The number of hydrogen-bond acceptors (Lipinski definition) is 6. The van der Waals surface area contributed by atoms with Crippen LogP contribution in [-0.4, -0.2) is 43.3 Å². The van der Waals surface area contributed by atoms with Crippen LogP contribution >= 0.6 is 11.8 Å². The van der Waals surface area contributed by atoms with Crippen LogP contribution in [0.2, 0.25) is 0 Å². The predicted octanol–water partition coefficient (Wildman–Crippen LogP) is 2.29. The number of amides is 1. The van der Waals surface area contributed by atoms with Crippen LogP contribution < -0.4 is 14.8 Å². The number of anilines is 1. The van der Waals surface area contributed by atoms with E-state index in [1.807, 2.05) is 5.41 Å². The molecule has 0 fully saturated rings. The number of amidine groups is 1. The van der Waals surface area contributed by atoms with Crippen molar-refractivity contribution < 1.29 is 14.3 Å². The molecule has 7 heteroatoms. The van der Waals surface area contributed by atoms with Crippen molar-refractivity contribution in [1.29, 1.82) is 0 Å². The molecule has 116 valence electrons. The highest BCUT2D eigenvalue weighted by Gasteiger charge is 2.27. The molecule has 2 aliphatic rings. The fourth-order valence-corrected chi connectivity index (χ4v) is 3.35. The van der Waals surface area contributed by atoms with E-state index in [9.17, 15) is 4.79 Å². The van der Waals surface area contributed by atoms with Crippen LogP contribution in [0.15, 0.2) is 34.3 Å². The molecule has 1 amide bonds. The van der Waals surface area contributed by atoms with Crippen LogP contribution in [0, 0.1) is 0 Å². The lowest BCUT2D eigenvalue weighted by Crippen LogP contribution is -2.24. The first-order valence-corrected chi connectivity index (χ1v) is 7.79. The third-order valence-corrected chi connectivity index (χ3v) is 4.41. The van der Waals surface area contributed by atoms with E-state index < -0.39 is 0 Å². The first-order valence-electron chi connectivity index (χ1n) is 6.91. The Balaban J connectivity index is 1.64. The number of aliphatic imine (C=N–C) groups is 1. The summed E-state index contributed by atoms with van der Waals surface area (Å²) >= 11 is 1.58. The molecule has 22 heavy (non-hydrogen) atoms. The Morgan fingerprint density at radius 1 is 1.36 bits per heavy atom. The predicted molar refractivity (Wildman–Crippen MR) is 87.5 cm³/mol. The summed E-state index contributed by atoms with van der Waals surface area (Å²) in [4.78, 5) is 18.7. The van der Waals surface area contributed by atoms with Gasteiger partial charge in [0.25, 0.3) is 0 Å². The molecule has 0 atom stereocenters. The van der Waals surface area contributed by atoms with E-state index >= 15 is 0 Å². The average molecular weight is 319 g/mol. The van der Waals surface area contributed by atoms with E-state index in [2.05, 4.69) is 15.2 Å². The third-order valence-electron chi connectivity index (χ3n) is 3.46. The number of ether oxygens (including phenoxy) is 2. The minimum Gasteiger partial charge on any atom is -0.493 e. The van der Waals surface area contributed by atoms with Crippen molar-refractivity contribution in [2.24, 2.45) is 4.99 Å². The fourth-order valence-electron chi connectivity index (χ4n) is 2.40. The fraction of sp³-hybridized carbons (Fsp3) is 0.333. The normalized spacial score (nSPS) is 16.0. The van der Waals surface area contributed by atoms with Crippen LogP contribution in [-0.2, 0) is 4.79 Å². The van der Waals surface area contributed by atoms with E-state index in [4.69, 9.17) is 9.47 Å². The zero-order valence-corrected chi connectivity index (χ0v) is 13.3. The molecule has 1 N–H and O–H groups in total. The highest BCUT2D eigenvalue weighted by Crippen LogP contribution is 2.32.